The van der Waals surface area contributed by atoms with Gasteiger partial charge in [-0.3, -0.25) is 4.79 Å². The Hall–Kier alpha value is -3.10. The summed E-state index contributed by atoms with van der Waals surface area (Å²) in [6.45, 7) is 3.95. The van der Waals surface area contributed by atoms with Crippen LogP contribution in [0.25, 0.3) is 0 Å². The minimum atomic E-state index is -0.668. The van der Waals surface area contributed by atoms with Gasteiger partial charge in [-0.05, 0) is 6.07 Å². The van der Waals surface area contributed by atoms with E-state index in [1.165, 1.54) is 11.0 Å². The lowest BCUT2D eigenvalue weighted by Crippen LogP contribution is -2.31. The van der Waals surface area contributed by atoms with Crippen molar-refractivity contribution in [2.24, 2.45) is 0 Å². The molecule has 1 aliphatic heterocycles. The molecule has 2 heterocycles. The molecule has 3 rings (SSSR count). The maximum absolute atomic E-state index is 14.1. The molecule has 26 heavy (non-hydrogen) atoms. The summed E-state index contributed by atoms with van der Waals surface area (Å²) >= 11 is 0. The molecule has 1 aromatic heterocycles. The fraction of sp³-hybridized carbons (Fsp3) is 0.353. The second-order valence-electron chi connectivity index (χ2n) is 6.33. The number of halogens is 1. The average Bonchev–Trinajstić information content (AvgIpc) is 3.03. The Bertz CT molecular complexity index is 849. The first-order valence-corrected chi connectivity index (χ1v) is 8.07. The van der Waals surface area contributed by atoms with E-state index in [0.717, 1.165) is 11.8 Å². The number of anilines is 2. The van der Waals surface area contributed by atoms with Gasteiger partial charge in [-0.15, -0.1) is 0 Å². The van der Waals surface area contributed by atoms with Crippen molar-refractivity contribution < 1.29 is 23.2 Å². The van der Waals surface area contributed by atoms with E-state index in [1.807, 2.05) is 13.8 Å². The quantitative estimate of drug-likeness (QED) is 0.872. The fourth-order valence-electron chi connectivity index (χ4n) is 2.44. The summed E-state index contributed by atoms with van der Waals surface area (Å²) in [4.78, 5) is 25.1. The minimum absolute atomic E-state index is 0.0419. The maximum Gasteiger partial charge on any atom is 0.321 e. The predicted molar refractivity (Wildman–Crippen MR) is 91.6 cm³/mol. The highest BCUT2D eigenvalue weighted by Gasteiger charge is 2.22. The zero-order valence-corrected chi connectivity index (χ0v) is 14.6. The molecular formula is C17H19FN4O4. The van der Waals surface area contributed by atoms with Crippen LogP contribution in [0.15, 0.2) is 22.7 Å². The summed E-state index contributed by atoms with van der Waals surface area (Å²) in [5.74, 6) is -0.157. The molecule has 2 aromatic rings. The van der Waals surface area contributed by atoms with E-state index < -0.39 is 11.8 Å². The third-order valence-corrected chi connectivity index (χ3v) is 3.81. The van der Waals surface area contributed by atoms with Gasteiger partial charge in [-0.25, -0.2) is 9.18 Å². The van der Waals surface area contributed by atoms with Crippen molar-refractivity contribution in [1.82, 2.24) is 10.1 Å². The van der Waals surface area contributed by atoms with Crippen LogP contribution in [0.1, 0.15) is 31.2 Å². The molecule has 0 bridgehead atoms. The Kier molecular flexibility index (Phi) is 4.79. The van der Waals surface area contributed by atoms with Crippen LogP contribution in [0.2, 0.25) is 0 Å². The third kappa shape index (κ3) is 3.76. The van der Waals surface area contributed by atoms with Crippen molar-refractivity contribution in [3.8, 4) is 5.75 Å². The first-order chi connectivity index (χ1) is 12.3. The number of hydrogen-bond donors (Lipinski definition) is 2. The molecular weight excluding hydrogens is 343 g/mol. The van der Waals surface area contributed by atoms with Gasteiger partial charge in [0.1, 0.15) is 11.5 Å². The number of urea groups is 1. The zero-order chi connectivity index (χ0) is 18.8. The van der Waals surface area contributed by atoms with Gasteiger partial charge in [0, 0.05) is 30.8 Å². The number of benzene rings is 1. The van der Waals surface area contributed by atoms with E-state index in [1.54, 1.807) is 13.1 Å². The maximum atomic E-state index is 14.1. The molecule has 0 saturated heterocycles. The lowest BCUT2D eigenvalue weighted by atomic mass is 10.1. The number of amides is 3. The lowest BCUT2D eigenvalue weighted by molar-refractivity contribution is -0.118. The summed E-state index contributed by atoms with van der Waals surface area (Å²) in [6.07, 6.45) is 0. The molecule has 1 aliphatic rings. The fourth-order valence-corrected chi connectivity index (χ4v) is 2.44. The van der Waals surface area contributed by atoms with Crippen molar-refractivity contribution in [2.45, 2.75) is 26.3 Å². The number of nitrogens with one attached hydrogen (secondary N) is 2. The Balaban J connectivity index is 1.68. The van der Waals surface area contributed by atoms with Gasteiger partial charge in [0.25, 0.3) is 5.91 Å². The van der Waals surface area contributed by atoms with Crippen molar-refractivity contribution in [2.75, 3.05) is 24.3 Å². The second kappa shape index (κ2) is 7.03. The van der Waals surface area contributed by atoms with Crippen molar-refractivity contribution in [3.63, 3.8) is 0 Å². The van der Waals surface area contributed by atoms with E-state index in [4.69, 9.17) is 9.26 Å². The molecule has 2 N–H and O–H groups in total. The Morgan fingerprint density at radius 3 is 2.88 bits per heavy atom. The molecule has 138 valence electrons. The Morgan fingerprint density at radius 1 is 1.42 bits per heavy atom. The molecule has 0 unspecified atom stereocenters. The lowest BCUT2D eigenvalue weighted by Gasteiger charge is -2.21. The first-order valence-electron chi connectivity index (χ1n) is 8.07. The predicted octanol–water partition coefficient (Wildman–Crippen LogP) is 2.93. The van der Waals surface area contributed by atoms with E-state index in [-0.39, 0.29) is 42.1 Å². The van der Waals surface area contributed by atoms with Crippen LogP contribution in [-0.4, -0.2) is 35.6 Å². The normalized spacial score (nSPS) is 13.0. The first kappa shape index (κ1) is 17.7. The highest BCUT2D eigenvalue weighted by molar-refractivity contribution is 5.97. The zero-order valence-electron chi connectivity index (χ0n) is 14.6. The van der Waals surface area contributed by atoms with E-state index in [9.17, 15) is 14.0 Å². The number of fused-ring (bicyclic) bond motifs is 1. The molecule has 0 fully saturated rings. The van der Waals surface area contributed by atoms with E-state index in [0.29, 0.717) is 5.69 Å². The minimum Gasteiger partial charge on any atom is -0.478 e. The smallest absolute Gasteiger partial charge is 0.321 e. The van der Waals surface area contributed by atoms with E-state index in [2.05, 4.69) is 15.8 Å². The van der Waals surface area contributed by atoms with Gasteiger partial charge in [0.15, 0.2) is 18.2 Å². The molecule has 9 heteroatoms. The van der Waals surface area contributed by atoms with Crippen LogP contribution in [0.5, 0.6) is 5.75 Å². The molecule has 0 radical (unpaired) electrons. The summed E-state index contributed by atoms with van der Waals surface area (Å²) in [5, 5.41) is 9.01. The highest BCUT2D eigenvalue weighted by Crippen LogP contribution is 2.33. The summed E-state index contributed by atoms with van der Waals surface area (Å²) in [7, 11) is 1.58. The number of nitrogens with zero attached hydrogens (tertiary/aromatic N) is 2. The van der Waals surface area contributed by atoms with Gasteiger partial charge in [0.05, 0.1) is 12.2 Å². The van der Waals surface area contributed by atoms with Gasteiger partial charge in [0.2, 0.25) is 0 Å². The molecule has 0 spiro atoms. The summed E-state index contributed by atoms with van der Waals surface area (Å²) in [6, 6.07) is 3.91. The number of hydrogen-bond acceptors (Lipinski definition) is 5. The van der Waals surface area contributed by atoms with Crippen LogP contribution in [0, 0.1) is 5.82 Å². The Morgan fingerprint density at radius 2 is 2.19 bits per heavy atom. The summed E-state index contributed by atoms with van der Waals surface area (Å²) in [5.41, 5.74) is 0.993. The molecule has 0 saturated carbocycles. The van der Waals surface area contributed by atoms with E-state index >= 15 is 0 Å². The topological polar surface area (TPSA) is 96.7 Å². The number of ether oxygens (including phenoxy) is 1. The number of rotatable bonds is 4. The van der Waals surface area contributed by atoms with Gasteiger partial charge >= 0.3 is 6.03 Å². The van der Waals surface area contributed by atoms with Crippen molar-refractivity contribution in [3.05, 3.63) is 35.5 Å². The van der Waals surface area contributed by atoms with Crippen LogP contribution in [0.4, 0.5) is 20.6 Å². The second-order valence-corrected chi connectivity index (χ2v) is 6.33. The molecule has 1 aromatic carbocycles. The van der Waals surface area contributed by atoms with Crippen LogP contribution < -0.4 is 15.4 Å². The average molecular weight is 362 g/mol. The van der Waals surface area contributed by atoms with Gasteiger partial charge < -0.3 is 24.8 Å². The third-order valence-electron chi connectivity index (χ3n) is 3.81. The summed E-state index contributed by atoms with van der Waals surface area (Å²) < 4.78 is 24.3. The highest BCUT2D eigenvalue weighted by atomic mass is 19.1. The van der Waals surface area contributed by atoms with Crippen molar-refractivity contribution in [1.29, 1.82) is 0 Å². The molecule has 0 atom stereocenters. The molecule has 3 amide bonds. The molecule has 8 nitrogen and oxygen atoms in total. The molecule has 0 aliphatic carbocycles. The van der Waals surface area contributed by atoms with Crippen LogP contribution in [-0.2, 0) is 11.3 Å². The number of carbonyl (C=O) groups is 2. The van der Waals surface area contributed by atoms with Crippen molar-refractivity contribution >= 4 is 23.3 Å². The largest absolute Gasteiger partial charge is 0.478 e. The number of carbonyl (C=O) groups excluding carboxylic acids is 2. The van der Waals surface area contributed by atoms with Crippen LogP contribution >= 0.6 is 0 Å². The standard InChI is InChI=1S/C17H19FN4O4/c1-9(2)14-6-11(21-26-14)7-22(3)17(24)19-10-4-12(18)16-13(5-10)20-15(23)8-25-16/h4-6,9H,7-8H2,1-3H3,(H,19,24)(H,20,23). The van der Waals surface area contributed by atoms with Gasteiger partial charge in [-0.1, -0.05) is 19.0 Å². The van der Waals surface area contributed by atoms with Crippen LogP contribution in [0.3, 0.4) is 0 Å². The van der Waals surface area contributed by atoms with Gasteiger partial charge in [-0.2, -0.15) is 0 Å². The number of aromatic nitrogens is 1. The SMILES string of the molecule is CC(C)c1cc(CN(C)C(=O)Nc2cc(F)c3c(c2)NC(=O)CO3)no1. The monoisotopic (exact) mass is 362 g/mol. The Labute approximate surface area is 149 Å².